The average Bonchev–Trinajstić information content (AvgIpc) is 1.60. The van der Waals surface area contributed by atoms with Crippen LogP contribution in [0.4, 0.5) is 34.1 Å². The van der Waals surface area contributed by atoms with Crippen LogP contribution in [0, 0.1) is 0 Å². The first-order chi connectivity index (χ1) is 44.5. The lowest BCUT2D eigenvalue weighted by molar-refractivity contribution is 0.0734. The molecule has 0 radical (unpaired) electrons. The summed E-state index contributed by atoms with van der Waals surface area (Å²) >= 11 is 3.45. The smallest absolute Gasteiger partial charge is 0.343 e. The third-order valence-electron chi connectivity index (χ3n) is 18.7. The molecule has 2 aromatic heterocycles. The molecule has 11 heteroatoms. The second kappa shape index (κ2) is 23.2. The van der Waals surface area contributed by atoms with Crippen LogP contribution < -0.4 is 19.3 Å². The van der Waals surface area contributed by atoms with Crippen LogP contribution in [0.15, 0.2) is 249 Å². The highest BCUT2D eigenvalue weighted by molar-refractivity contribution is 7.22. The normalized spacial score (nSPS) is 13.1. The van der Waals surface area contributed by atoms with Crippen molar-refractivity contribution in [2.24, 2.45) is 0 Å². The largest absolute Gasteiger partial charge is 0.508 e. The second-order valence-electron chi connectivity index (χ2n) is 23.4. The molecule has 0 unspecified atom stereocenters. The number of rotatable bonds is 16. The zero-order valence-corrected chi connectivity index (χ0v) is 52.3. The lowest BCUT2D eigenvalue weighted by Crippen LogP contribution is -2.23. The van der Waals surface area contributed by atoms with Crippen molar-refractivity contribution in [1.29, 1.82) is 0 Å². The first-order valence-corrected chi connectivity index (χ1v) is 32.7. The van der Waals surface area contributed by atoms with Gasteiger partial charge >= 0.3 is 11.9 Å². The van der Waals surface area contributed by atoms with Gasteiger partial charge in [0.15, 0.2) is 0 Å². The lowest BCUT2D eigenvalue weighted by Gasteiger charge is -2.32. The molecular formula is C80H62N4O5S2. The Kier molecular flexibility index (Phi) is 14.5. The number of hydrogen-bond donors (Lipinski definition) is 1. The van der Waals surface area contributed by atoms with Crippen molar-refractivity contribution >= 4 is 89.2 Å². The maximum absolute atomic E-state index is 14.3. The van der Waals surface area contributed by atoms with Gasteiger partial charge < -0.3 is 24.4 Å². The van der Waals surface area contributed by atoms with Gasteiger partial charge in [0.1, 0.15) is 27.3 Å². The molecule has 0 amide bonds. The zero-order chi connectivity index (χ0) is 62.0. The van der Waals surface area contributed by atoms with E-state index in [0.717, 1.165) is 92.0 Å². The Balaban J connectivity index is 0.691. The van der Waals surface area contributed by atoms with Gasteiger partial charge in [-0.1, -0.05) is 137 Å². The van der Waals surface area contributed by atoms with Crippen molar-refractivity contribution in [3.63, 3.8) is 0 Å². The predicted octanol–water partition coefficient (Wildman–Crippen LogP) is 21.5. The molecule has 0 saturated carbocycles. The van der Waals surface area contributed by atoms with Crippen LogP contribution in [0.5, 0.6) is 17.2 Å². The van der Waals surface area contributed by atoms with Crippen LogP contribution in [0.1, 0.15) is 96.3 Å². The summed E-state index contributed by atoms with van der Waals surface area (Å²) in [5.41, 5.74) is 19.1. The minimum absolute atomic E-state index is 0.0248. The van der Waals surface area contributed by atoms with E-state index in [1.54, 1.807) is 34.8 Å². The maximum Gasteiger partial charge on any atom is 0.343 e. The topological polar surface area (TPSA) is 105 Å². The van der Waals surface area contributed by atoms with Crippen molar-refractivity contribution in [3.05, 3.63) is 282 Å². The fourth-order valence-electron chi connectivity index (χ4n) is 14.1. The Bertz CT molecular complexity index is 4620. The summed E-state index contributed by atoms with van der Waals surface area (Å²) in [7, 11) is 0. The number of benzene rings is 11. The summed E-state index contributed by atoms with van der Waals surface area (Å²) in [5, 5.41) is 13.1. The number of para-hydroxylation sites is 4. The molecule has 91 heavy (non-hydrogen) atoms. The van der Waals surface area contributed by atoms with Crippen LogP contribution >= 0.6 is 22.7 Å². The van der Waals surface area contributed by atoms with Gasteiger partial charge in [-0.3, -0.25) is 0 Å². The predicted molar refractivity (Wildman–Crippen MR) is 371 cm³/mol. The molecule has 444 valence electrons. The molecule has 0 spiro atoms. The van der Waals surface area contributed by atoms with E-state index in [-0.39, 0.29) is 39.2 Å². The van der Waals surface area contributed by atoms with Gasteiger partial charge in [0.2, 0.25) is 0 Å². The Morgan fingerprint density at radius 1 is 0.385 bits per heavy atom. The minimum Gasteiger partial charge on any atom is -0.508 e. The molecule has 11 aromatic carbocycles. The highest BCUT2D eigenvalue weighted by Gasteiger charge is 2.43. The SMILES string of the molecule is CCC1(CC)c2cc(-c3nc4ccccc4s3)ccc2-c2ccc(N(c3ccccc3)c3cccc(OC(=O)c4cc(O)cc(C(=O)Oc5cccc(N(c6ccccc6)c6ccc7c(c6)C(CC)(CC)c6cc(-c8nc9ccccc9s8)ccc6-7)c5)c4)c3)cc21. The number of aromatic hydroxyl groups is 1. The maximum atomic E-state index is 14.3. The van der Waals surface area contributed by atoms with Crippen molar-refractivity contribution in [3.8, 4) is 60.6 Å². The molecular weight excluding hydrogens is 1160 g/mol. The van der Waals surface area contributed by atoms with E-state index >= 15 is 0 Å². The number of phenols is 1. The highest BCUT2D eigenvalue weighted by atomic mass is 32.1. The third-order valence-corrected chi connectivity index (χ3v) is 20.9. The summed E-state index contributed by atoms with van der Waals surface area (Å²) in [6.45, 7) is 9.12. The molecule has 2 heterocycles. The number of esters is 2. The Labute approximate surface area is 536 Å². The van der Waals surface area contributed by atoms with Gasteiger partial charge in [-0.05, 0) is 198 Å². The van der Waals surface area contributed by atoms with Crippen molar-refractivity contribution in [2.75, 3.05) is 9.80 Å². The molecule has 0 bridgehead atoms. The second-order valence-corrected chi connectivity index (χ2v) is 25.5. The summed E-state index contributed by atoms with van der Waals surface area (Å²) in [4.78, 5) is 42.9. The lowest BCUT2D eigenvalue weighted by atomic mass is 9.73. The summed E-state index contributed by atoms with van der Waals surface area (Å²) < 4.78 is 14.6. The minimum atomic E-state index is -0.758. The first kappa shape index (κ1) is 57.0. The average molecular weight is 1220 g/mol. The van der Waals surface area contributed by atoms with Crippen LogP contribution in [0.2, 0.25) is 0 Å². The Morgan fingerprint density at radius 2 is 0.747 bits per heavy atom. The van der Waals surface area contributed by atoms with E-state index in [0.29, 0.717) is 0 Å². The Morgan fingerprint density at radius 3 is 1.15 bits per heavy atom. The van der Waals surface area contributed by atoms with E-state index in [4.69, 9.17) is 19.4 Å². The number of phenolic OH excluding ortho intramolecular Hbond substituents is 1. The number of ether oxygens (including phenoxy) is 2. The summed E-state index contributed by atoms with van der Waals surface area (Å²) in [5.74, 6) is -1.25. The summed E-state index contributed by atoms with van der Waals surface area (Å²) in [6, 6.07) is 82.8. The van der Waals surface area contributed by atoms with E-state index < -0.39 is 11.9 Å². The van der Waals surface area contributed by atoms with Gasteiger partial charge in [-0.15, -0.1) is 22.7 Å². The molecule has 15 rings (SSSR count). The zero-order valence-electron chi connectivity index (χ0n) is 50.7. The standard InChI is InChI=1S/C80H62N4O5S2/c1-5-79(6-2)67-44-50(75-81-71-29-15-17-31-73(71)90-75)33-37-63(67)65-39-35-58(48-69(65)79)83(54-21-11-9-12-22-54)56-25-19-27-61(46-56)88-77(86)52-41-53(43-60(85)42-52)78(87)89-62-28-20-26-57(47-62)84(55-23-13-10-14-24-55)59-36-40-66-64-38-34-51(76-82-72-30-16-18-32-74(72)91-76)45-68(64)80(7-3,8-4)70(66)49-59/h9-49,85H,5-8H2,1-4H3. The highest BCUT2D eigenvalue weighted by Crippen LogP contribution is 2.57. The monoisotopic (exact) mass is 1220 g/mol. The summed E-state index contributed by atoms with van der Waals surface area (Å²) in [6.07, 6.45) is 3.62. The number of thiazole rings is 2. The number of anilines is 6. The number of carbonyl (C=O) groups excluding carboxylic acids is 2. The molecule has 13 aromatic rings. The number of fused-ring (bicyclic) bond motifs is 8. The fourth-order valence-corrected chi connectivity index (χ4v) is 16.0. The van der Waals surface area contributed by atoms with Crippen molar-refractivity contribution in [2.45, 2.75) is 64.2 Å². The van der Waals surface area contributed by atoms with E-state index in [2.05, 4.69) is 171 Å². The van der Waals surface area contributed by atoms with Gasteiger partial charge in [-0.25, -0.2) is 19.6 Å². The quantitative estimate of drug-likeness (QED) is 0.0748. The van der Waals surface area contributed by atoms with E-state index in [9.17, 15) is 14.7 Å². The molecule has 0 aliphatic heterocycles. The van der Waals surface area contributed by atoms with Crippen LogP contribution in [-0.4, -0.2) is 27.0 Å². The van der Waals surface area contributed by atoms with Gasteiger partial charge in [0.25, 0.3) is 0 Å². The molecule has 2 aliphatic carbocycles. The van der Waals surface area contributed by atoms with Gasteiger partial charge in [0, 0.05) is 68.2 Å². The molecule has 2 aliphatic rings. The van der Waals surface area contributed by atoms with E-state index in [1.165, 1.54) is 72.1 Å². The molecule has 1 N–H and O–H groups in total. The fraction of sp³-hybridized carbons (Fsp3) is 0.125. The number of hydrogen-bond acceptors (Lipinski definition) is 11. The molecule has 0 saturated heterocycles. The number of carbonyl (C=O) groups is 2. The van der Waals surface area contributed by atoms with Gasteiger partial charge in [-0.2, -0.15) is 0 Å². The van der Waals surface area contributed by atoms with Crippen LogP contribution in [0.3, 0.4) is 0 Å². The number of nitrogens with zero attached hydrogens (tertiary/aromatic N) is 4. The molecule has 9 nitrogen and oxygen atoms in total. The van der Waals surface area contributed by atoms with Crippen molar-refractivity contribution < 1.29 is 24.2 Å². The van der Waals surface area contributed by atoms with E-state index in [1.807, 2.05) is 84.9 Å². The molecule has 0 atom stereocenters. The van der Waals surface area contributed by atoms with Gasteiger partial charge in [0.05, 0.1) is 31.6 Å². The van der Waals surface area contributed by atoms with Crippen LogP contribution in [-0.2, 0) is 10.8 Å². The third kappa shape index (κ3) is 9.92. The molecule has 0 fully saturated rings. The first-order valence-electron chi connectivity index (χ1n) is 31.0. The van der Waals surface area contributed by atoms with Crippen LogP contribution in [0.25, 0.3) is 63.8 Å². The number of aromatic nitrogens is 2. The van der Waals surface area contributed by atoms with Crippen molar-refractivity contribution in [1.82, 2.24) is 9.97 Å². The Hall–Kier alpha value is -10.5.